The first kappa shape index (κ1) is 12.5. The SMILES string of the molecule is CN(C)CC1CC(O)CN1Cc1ccccn1. The quantitative estimate of drug-likeness (QED) is 0.828. The molecule has 0 saturated carbocycles. The van der Waals surface area contributed by atoms with Crippen LogP contribution in [0.15, 0.2) is 24.4 Å². The Hall–Kier alpha value is -0.970. The Labute approximate surface area is 103 Å². The van der Waals surface area contributed by atoms with Crippen LogP contribution in [0.4, 0.5) is 0 Å². The minimum atomic E-state index is -0.191. The van der Waals surface area contributed by atoms with Gasteiger partial charge in [0.15, 0.2) is 0 Å². The number of rotatable bonds is 4. The summed E-state index contributed by atoms with van der Waals surface area (Å²) in [6, 6.07) is 6.41. The molecule has 4 heteroatoms. The van der Waals surface area contributed by atoms with E-state index in [0.29, 0.717) is 6.04 Å². The summed E-state index contributed by atoms with van der Waals surface area (Å²) in [5.74, 6) is 0. The van der Waals surface area contributed by atoms with Gasteiger partial charge in [-0.05, 0) is 32.6 Å². The third kappa shape index (κ3) is 3.49. The van der Waals surface area contributed by atoms with Gasteiger partial charge in [0.2, 0.25) is 0 Å². The van der Waals surface area contributed by atoms with Crippen LogP contribution in [-0.4, -0.2) is 59.2 Å². The summed E-state index contributed by atoms with van der Waals surface area (Å²) in [5.41, 5.74) is 1.07. The fourth-order valence-corrected chi connectivity index (χ4v) is 2.46. The predicted molar refractivity (Wildman–Crippen MR) is 67.6 cm³/mol. The van der Waals surface area contributed by atoms with E-state index in [9.17, 15) is 5.11 Å². The van der Waals surface area contributed by atoms with Crippen molar-refractivity contribution >= 4 is 0 Å². The lowest BCUT2D eigenvalue weighted by Crippen LogP contribution is -2.37. The molecule has 0 spiro atoms. The zero-order valence-electron chi connectivity index (χ0n) is 10.6. The first-order chi connectivity index (χ1) is 8.15. The molecule has 0 bridgehead atoms. The van der Waals surface area contributed by atoms with Crippen molar-refractivity contribution in [1.82, 2.24) is 14.8 Å². The van der Waals surface area contributed by atoms with E-state index < -0.39 is 0 Å². The number of likely N-dealkylation sites (N-methyl/N-ethyl adjacent to an activating group) is 1. The van der Waals surface area contributed by atoms with Crippen LogP contribution in [-0.2, 0) is 6.54 Å². The van der Waals surface area contributed by atoms with E-state index in [4.69, 9.17) is 0 Å². The lowest BCUT2D eigenvalue weighted by molar-refractivity contribution is 0.168. The lowest BCUT2D eigenvalue weighted by Gasteiger charge is -2.26. The predicted octanol–water partition coefficient (Wildman–Crippen LogP) is 0.578. The molecule has 94 valence electrons. The Morgan fingerprint density at radius 2 is 2.29 bits per heavy atom. The van der Waals surface area contributed by atoms with Gasteiger partial charge in [0, 0.05) is 31.9 Å². The molecule has 2 atom stereocenters. The summed E-state index contributed by atoms with van der Waals surface area (Å²) in [4.78, 5) is 8.85. The Morgan fingerprint density at radius 1 is 1.47 bits per heavy atom. The fourth-order valence-electron chi connectivity index (χ4n) is 2.46. The first-order valence-corrected chi connectivity index (χ1v) is 6.12. The highest BCUT2D eigenvalue weighted by molar-refractivity contribution is 5.04. The van der Waals surface area contributed by atoms with E-state index >= 15 is 0 Å². The molecule has 1 aliphatic rings. The third-order valence-corrected chi connectivity index (χ3v) is 3.17. The van der Waals surface area contributed by atoms with Crippen LogP contribution in [0.2, 0.25) is 0 Å². The van der Waals surface area contributed by atoms with E-state index in [2.05, 4.69) is 28.9 Å². The molecule has 0 amide bonds. The van der Waals surface area contributed by atoms with Gasteiger partial charge >= 0.3 is 0 Å². The van der Waals surface area contributed by atoms with Gasteiger partial charge < -0.3 is 10.0 Å². The molecule has 1 N–H and O–H groups in total. The van der Waals surface area contributed by atoms with Gasteiger partial charge in [-0.2, -0.15) is 0 Å². The normalized spacial score (nSPS) is 25.6. The number of hydrogen-bond acceptors (Lipinski definition) is 4. The molecule has 2 unspecified atom stereocenters. The number of aliphatic hydroxyl groups excluding tert-OH is 1. The zero-order chi connectivity index (χ0) is 12.3. The second kappa shape index (κ2) is 5.58. The molecule has 1 saturated heterocycles. The smallest absolute Gasteiger partial charge is 0.0682 e. The molecule has 1 aliphatic heterocycles. The van der Waals surface area contributed by atoms with E-state index in [1.807, 2.05) is 24.4 Å². The summed E-state index contributed by atoms with van der Waals surface area (Å²) in [5, 5.41) is 9.78. The summed E-state index contributed by atoms with van der Waals surface area (Å²) >= 11 is 0. The van der Waals surface area contributed by atoms with Crippen LogP contribution in [0.5, 0.6) is 0 Å². The van der Waals surface area contributed by atoms with Crippen molar-refractivity contribution in [2.75, 3.05) is 27.2 Å². The van der Waals surface area contributed by atoms with Crippen molar-refractivity contribution in [1.29, 1.82) is 0 Å². The van der Waals surface area contributed by atoms with Crippen LogP contribution < -0.4 is 0 Å². The Bertz CT molecular complexity index is 342. The van der Waals surface area contributed by atoms with Crippen molar-refractivity contribution in [2.45, 2.75) is 25.1 Å². The molecule has 1 aromatic rings. The second-order valence-corrected chi connectivity index (χ2v) is 5.06. The highest BCUT2D eigenvalue weighted by Crippen LogP contribution is 2.20. The van der Waals surface area contributed by atoms with Crippen LogP contribution in [0, 0.1) is 0 Å². The van der Waals surface area contributed by atoms with Crippen molar-refractivity contribution in [3.63, 3.8) is 0 Å². The highest BCUT2D eigenvalue weighted by Gasteiger charge is 2.31. The summed E-state index contributed by atoms with van der Waals surface area (Å²) in [6.07, 6.45) is 2.50. The first-order valence-electron chi connectivity index (χ1n) is 6.12. The largest absolute Gasteiger partial charge is 0.392 e. The van der Waals surface area contributed by atoms with Crippen LogP contribution in [0.1, 0.15) is 12.1 Å². The maximum atomic E-state index is 9.78. The molecule has 1 fully saturated rings. The number of aliphatic hydroxyl groups is 1. The molecule has 4 nitrogen and oxygen atoms in total. The molecular weight excluding hydrogens is 214 g/mol. The summed E-state index contributed by atoms with van der Waals surface area (Å²) in [7, 11) is 4.15. The minimum absolute atomic E-state index is 0.191. The highest BCUT2D eigenvalue weighted by atomic mass is 16.3. The Kier molecular flexibility index (Phi) is 4.10. The maximum Gasteiger partial charge on any atom is 0.0682 e. The van der Waals surface area contributed by atoms with Gasteiger partial charge in [0.1, 0.15) is 0 Å². The van der Waals surface area contributed by atoms with E-state index in [-0.39, 0.29) is 6.10 Å². The number of pyridine rings is 1. The van der Waals surface area contributed by atoms with E-state index in [1.165, 1.54) is 0 Å². The molecule has 17 heavy (non-hydrogen) atoms. The molecule has 0 aliphatic carbocycles. The van der Waals surface area contributed by atoms with Crippen molar-refractivity contribution < 1.29 is 5.11 Å². The number of hydrogen-bond donors (Lipinski definition) is 1. The van der Waals surface area contributed by atoms with Crippen LogP contribution in [0.3, 0.4) is 0 Å². The van der Waals surface area contributed by atoms with Gasteiger partial charge in [0.05, 0.1) is 11.8 Å². The summed E-state index contributed by atoms with van der Waals surface area (Å²) in [6.45, 7) is 2.58. The molecule has 2 rings (SSSR count). The zero-order valence-corrected chi connectivity index (χ0v) is 10.6. The van der Waals surface area contributed by atoms with Crippen molar-refractivity contribution in [3.8, 4) is 0 Å². The van der Waals surface area contributed by atoms with E-state index in [1.54, 1.807) is 0 Å². The maximum absolute atomic E-state index is 9.78. The minimum Gasteiger partial charge on any atom is -0.392 e. The molecule has 0 radical (unpaired) electrons. The van der Waals surface area contributed by atoms with E-state index in [0.717, 1.165) is 31.7 Å². The number of nitrogens with zero attached hydrogens (tertiary/aromatic N) is 3. The lowest BCUT2D eigenvalue weighted by atomic mass is 10.2. The fraction of sp³-hybridized carbons (Fsp3) is 0.615. The van der Waals surface area contributed by atoms with Gasteiger partial charge in [-0.1, -0.05) is 6.07 Å². The molecule has 1 aromatic heterocycles. The number of likely N-dealkylation sites (tertiary alicyclic amines) is 1. The topological polar surface area (TPSA) is 39.6 Å². The Morgan fingerprint density at radius 3 is 2.94 bits per heavy atom. The molecular formula is C13H21N3O. The van der Waals surface area contributed by atoms with Gasteiger partial charge in [-0.25, -0.2) is 0 Å². The monoisotopic (exact) mass is 235 g/mol. The van der Waals surface area contributed by atoms with Crippen molar-refractivity contribution in [2.24, 2.45) is 0 Å². The average Bonchev–Trinajstić information content (AvgIpc) is 2.59. The van der Waals surface area contributed by atoms with Crippen LogP contribution in [0.25, 0.3) is 0 Å². The molecule has 0 aromatic carbocycles. The third-order valence-electron chi connectivity index (χ3n) is 3.17. The van der Waals surface area contributed by atoms with Crippen molar-refractivity contribution in [3.05, 3.63) is 30.1 Å². The number of aromatic nitrogens is 1. The summed E-state index contributed by atoms with van der Waals surface area (Å²) < 4.78 is 0. The molecule has 2 heterocycles. The standard InChI is InChI=1S/C13H21N3O/c1-15(2)9-12-7-13(17)10-16(12)8-11-5-3-4-6-14-11/h3-6,12-13,17H,7-10H2,1-2H3. The van der Waals surface area contributed by atoms with Crippen LogP contribution >= 0.6 is 0 Å². The van der Waals surface area contributed by atoms with Gasteiger partial charge in [-0.15, -0.1) is 0 Å². The Balaban J connectivity index is 1.98. The second-order valence-electron chi connectivity index (χ2n) is 5.06. The van der Waals surface area contributed by atoms with Gasteiger partial charge in [-0.3, -0.25) is 9.88 Å². The average molecular weight is 235 g/mol. The number of β-amino-alcohol motifs (C(OH)–C–C–N with tert-alkyl or cyclic N) is 1. The van der Waals surface area contributed by atoms with Gasteiger partial charge in [0.25, 0.3) is 0 Å².